The van der Waals surface area contributed by atoms with E-state index in [-0.39, 0.29) is 23.3 Å². The summed E-state index contributed by atoms with van der Waals surface area (Å²) in [7, 11) is 6.75. The highest BCUT2D eigenvalue weighted by atomic mass is 32.1. The molecule has 0 spiro atoms. The van der Waals surface area contributed by atoms with Crippen molar-refractivity contribution in [3.8, 4) is 0 Å². The first-order valence-corrected chi connectivity index (χ1v) is 14.0. The number of carbonyl (C=O) groups is 3. The van der Waals surface area contributed by atoms with E-state index in [1.807, 2.05) is 67.0 Å². The molecule has 8 heteroatoms. The fourth-order valence-corrected chi connectivity index (χ4v) is 5.13. The average molecular weight is 549 g/mol. The molecule has 0 saturated heterocycles. The lowest BCUT2D eigenvalue weighted by atomic mass is 9.99. The Bertz CT molecular complexity index is 1300. The largest absolute Gasteiger partial charge is 0.357 e. The van der Waals surface area contributed by atoms with Gasteiger partial charge in [0.25, 0.3) is 0 Å². The maximum absolute atomic E-state index is 14.0. The summed E-state index contributed by atoms with van der Waals surface area (Å²) >= 11 is 1.55. The van der Waals surface area contributed by atoms with Crippen LogP contribution in [0.1, 0.15) is 30.7 Å². The summed E-state index contributed by atoms with van der Waals surface area (Å²) in [4.78, 5) is 44.2. The molecule has 2 N–H and O–H groups in total. The van der Waals surface area contributed by atoms with E-state index in [0.717, 1.165) is 21.2 Å². The van der Waals surface area contributed by atoms with Gasteiger partial charge in [0.2, 0.25) is 17.7 Å². The lowest BCUT2D eigenvalue weighted by Crippen LogP contribution is -2.55. The molecule has 0 saturated carbocycles. The van der Waals surface area contributed by atoms with Gasteiger partial charge in [-0.25, -0.2) is 0 Å². The Morgan fingerprint density at radius 3 is 2.28 bits per heavy atom. The fraction of sp³-hybridized carbons (Fsp3) is 0.387. The molecule has 0 radical (unpaired) electrons. The number of hydrogen-bond donors (Lipinski definition) is 2. The molecule has 0 unspecified atom stereocenters. The van der Waals surface area contributed by atoms with Crippen LogP contribution in [0.2, 0.25) is 0 Å². The Morgan fingerprint density at radius 1 is 0.923 bits per heavy atom. The molecule has 1 heterocycles. The van der Waals surface area contributed by atoms with Crippen LogP contribution in [0.25, 0.3) is 10.8 Å². The number of nitrogens with zero attached hydrogens (tertiary/aromatic N) is 2. The van der Waals surface area contributed by atoms with Crippen LogP contribution in [0.3, 0.4) is 0 Å². The molecule has 0 aliphatic heterocycles. The standard InChI is InChI=1S/C31H40N4O3S/c1-31(2,33-4)17-9-14-28(36)34(5)27(20-22-15-16-23-11-7-8-12-24(23)19-22)30(38)35(6)26(29(37)32-3)21-25-13-10-18-39-25/h7-16,18-19,26-27,33H,17,20-21H2,1-6H3,(H,32,37)/t26-,27-/m1/s1. The summed E-state index contributed by atoms with van der Waals surface area (Å²) < 4.78 is 0. The molecule has 1 aromatic heterocycles. The minimum Gasteiger partial charge on any atom is -0.357 e. The Labute approximate surface area is 235 Å². The van der Waals surface area contributed by atoms with Gasteiger partial charge in [0.15, 0.2) is 0 Å². The molecule has 3 aromatic rings. The van der Waals surface area contributed by atoms with Crippen LogP contribution in [0.4, 0.5) is 0 Å². The number of benzene rings is 2. The maximum Gasteiger partial charge on any atom is 0.246 e. The molecule has 0 bridgehead atoms. The zero-order valence-corrected chi connectivity index (χ0v) is 24.5. The van der Waals surface area contributed by atoms with Gasteiger partial charge in [0.1, 0.15) is 12.1 Å². The summed E-state index contributed by atoms with van der Waals surface area (Å²) in [5.41, 5.74) is 0.786. The summed E-state index contributed by atoms with van der Waals surface area (Å²) in [6, 6.07) is 16.5. The maximum atomic E-state index is 14.0. The van der Waals surface area contributed by atoms with Crippen LogP contribution in [-0.4, -0.2) is 73.3 Å². The van der Waals surface area contributed by atoms with Gasteiger partial charge in [0, 0.05) is 44.4 Å². The zero-order valence-electron chi connectivity index (χ0n) is 23.7. The monoisotopic (exact) mass is 548 g/mol. The number of nitrogens with one attached hydrogen (secondary N) is 2. The van der Waals surface area contributed by atoms with Gasteiger partial charge in [0.05, 0.1) is 0 Å². The quantitative estimate of drug-likeness (QED) is 0.335. The van der Waals surface area contributed by atoms with Crippen molar-refractivity contribution in [2.24, 2.45) is 0 Å². The third kappa shape index (κ3) is 8.00. The van der Waals surface area contributed by atoms with E-state index in [1.165, 1.54) is 15.9 Å². The first-order chi connectivity index (χ1) is 18.6. The second kappa shape index (κ2) is 13.5. The lowest BCUT2D eigenvalue weighted by molar-refractivity contribution is -0.146. The van der Waals surface area contributed by atoms with Gasteiger partial charge in [-0.1, -0.05) is 54.6 Å². The van der Waals surface area contributed by atoms with Crippen LogP contribution in [0.15, 0.2) is 72.1 Å². The van der Waals surface area contributed by atoms with Crippen molar-refractivity contribution in [2.75, 3.05) is 28.2 Å². The number of likely N-dealkylation sites (N-methyl/N-ethyl adjacent to an activating group) is 3. The van der Waals surface area contributed by atoms with E-state index < -0.39 is 12.1 Å². The highest BCUT2D eigenvalue weighted by Crippen LogP contribution is 2.21. The van der Waals surface area contributed by atoms with E-state index in [4.69, 9.17) is 0 Å². The first-order valence-electron chi connectivity index (χ1n) is 13.2. The molecule has 0 aliphatic carbocycles. The van der Waals surface area contributed by atoms with E-state index >= 15 is 0 Å². The van der Waals surface area contributed by atoms with Crippen molar-refractivity contribution in [1.82, 2.24) is 20.4 Å². The molecule has 2 aromatic carbocycles. The van der Waals surface area contributed by atoms with E-state index in [9.17, 15) is 14.4 Å². The van der Waals surface area contributed by atoms with Crippen LogP contribution in [0.5, 0.6) is 0 Å². The van der Waals surface area contributed by atoms with Gasteiger partial charge in [-0.15, -0.1) is 11.3 Å². The highest BCUT2D eigenvalue weighted by Gasteiger charge is 2.34. The van der Waals surface area contributed by atoms with Crippen molar-refractivity contribution >= 4 is 39.8 Å². The van der Waals surface area contributed by atoms with Gasteiger partial charge in [-0.05, 0) is 61.2 Å². The lowest BCUT2D eigenvalue weighted by Gasteiger charge is -2.34. The van der Waals surface area contributed by atoms with Gasteiger partial charge in [-0.2, -0.15) is 0 Å². The second-order valence-corrected chi connectivity index (χ2v) is 11.5. The minimum atomic E-state index is -0.791. The van der Waals surface area contributed by atoms with E-state index in [2.05, 4.69) is 30.5 Å². The third-order valence-electron chi connectivity index (χ3n) is 7.25. The van der Waals surface area contributed by atoms with Crippen molar-refractivity contribution < 1.29 is 14.4 Å². The first kappa shape index (κ1) is 30.1. The molecule has 2 atom stereocenters. The molecule has 0 fully saturated rings. The number of fused-ring (bicyclic) bond motifs is 1. The normalized spacial score (nSPS) is 13.3. The molecular weight excluding hydrogens is 508 g/mol. The Morgan fingerprint density at radius 2 is 1.64 bits per heavy atom. The Balaban J connectivity index is 1.91. The summed E-state index contributed by atoms with van der Waals surface area (Å²) in [6.45, 7) is 4.11. The van der Waals surface area contributed by atoms with Crippen molar-refractivity contribution in [1.29, 1.82) is 0 Å². The van der Waals surface area contributed by atoms with Crippen molar-refractivity contribution in [2.45, 2.75) is 50.7 Å². The highest BCUT2D eigenvalue weighted by molar-refractivity contribution is 7.09. The van der Waals surface area contributed by atoms with Crippen molar-refractivity contribution in [3.63, 3.8) is 0 Å². The molecule has 39 heavy (non-hydrogen) atoms. The molecule has 0 aliphatic rings. The molecule has 208 valence electrons. The SMILES string of the molecule is CNC(=O)[C@@H](Cc1cccs1)N(C)C(=O)[C@@H](Cc1ccc2ccccc2c1)N(C)C(=O)C=CCC(C)(C)NC. The predicted molar refractivity (Wildman–Crippen MR) is 160 cm³/mol. The average Bonchev–Trinajstić information content (AvgIpc) is 3.46. The second-order valence-electron chi connectivity index (χ2n) is 10.5. The predicted octanol–water partition coefficient (Wildman–Crippen LogP) is 4.03. The summed E-state index contributed by atoms with van der Waals surface area (Å²) in [5, 5.41) is 10.0. The van der Waals surface area contributed by atoms with Crippen LogP contribution < -0.4 is 10.6 Å². The van der Waals surface area contributed by atoms with Gasteiger partial charge >= 0.3 is 0 Å². The number of rotatable bonds is 12. The Kier molecular flexibility index (Phi) is 10.4. The van der Waals surface area contributed by atoms with E-state index in [1.54, 1.807) is 32.5 Å². The third-order valence-corrected chi connectivity index (χ3v) is 8.15. The van der Waals surface area contributed by atoms with Crippen LogP contribution in [-0.2, 0) is 27.2 Å². The fourth-order valence-electron chi connectivity index (χ4n) is 4.39. The number of amides is 3. The number of hydrogen-bond acceptors (Lipinski definition) is 5. The van der Waals surface area contributed by atoms with Crippen molar-refractivity contribution in [3.05, 3.63) is 82.6 Å². The smallest absolute Gasteiger partial charge is 0.246 e. The molecule has 7 nitrogen and oxygen atoms in total. The van der Waals surface area contributed by atoms with E-state index in [0.29, 0.717) is 19.3 Å². The molecular formula is C31H40N4O3S. The van der Waals surface area contributed by atoms with Gasteiger partial charge < -0.3 is 20.4 Å². The topological polar surface area (TPSA) is 81.8 Å². The summed E-state index contributed by atoms with van der Waals surface area (Å²) in [5.74, 6) is -0.788. The minimum absolute atomic E-state index is 0.154. The molecule has 3 rings (SSSR count). The van der Waals surface area contributed by atoms with Gasteiger partial charge in [-0.3, -0.25) is 14.4 Å². The molecule has 3 amide bonds. The zero-order chi connectivity index (χ0) is 28.6. The summed E-state index contributed by atoms with van der Waals surface area (Å²) in [6.07, 6.45) is 4.75. The number of thiophene rings is 1. The number of carbonyl (C=O) groups excluding carboxylic acids is 3. The van der Waals surface area contributed by atoms with Crippen LogP contribution >= 0.6 is 11.3 Å². The Hall–Kier alpha value is -3.49. The van der Waals surface area contributed by atoms with Crippen LogP contribution in [0, 0.1) is 0 Å².